The Morgan fingerprint density at radius 2 is 2.10 bits per heavy atom. The van der Waals surface area contributed by atoms with Crippen molar-refractivity contribution in [1.29, 1.82) is 0 Å². The van der Waals surface area contributed by atoms with Gasteiger partial charge in [0.2, 0.25) is 0 Å². The Labute approximate surface area is 125 Å². The first-order chi connectivity index (χ1) is 10.2. The van der Waals surface area contributed by atoms with Crippen molar-refractivity contribution >= 4 is 0 Å². The molecule has 21 heavy (non-hydrogen) atoms. The molecular formula is C16H23N3O2. The van der Waals surface area contributed by atoms with Gasteiger partial charge in [0.25, 0.3) is 0 Å². The molecule has 114 valence electrons. The maximum atomic E-state index is 5.53. The van der Waals surface area contributed by atoms with E-state index >= 15 is 0 Å². The Kier molecular flexibility index (Phi) is 5.22. The number of likely N-dealkylation sites (N-methyl/N-ethyl adjacent to an activating group) is 1. The summed E-state index contributed by atoms with van der Waals surface area (Å²) in [6.07, 6.45) is 4.64. The highest BCUT2D eigenvalue weighted by Crippen LogP contribution is 2.35. The van der Waals surface area contributed by atoms with Crippen LogP contribution in [0.25, 0.3) is 0 Å². The van der Waals surface area contributed by atoms with Crippen LogP contribution >= 0.6 is 0 Å². The highest BCUT2D eigenvalue weighted by Gasteiger charge is 2.19. The molecule has 1 atom stereocenters. The zero-order valence-electron chi connectivity index (χ0n) is 13.1. The molecule has 0 aliphatic heterocycles. The lowest BCUT2D eigenvalue weighted by Crippen LogP contribution is -2.21. The summed E-state index contributed by atoms with van der Waals surface area (Å²) >= 11 is 0. The van der Waals surface area contributed by atoms with E-state index in [2.05, 4.69) is 27.9 Å². The third-order valence-electron chi connectivity index (χ3n) is 3.69. The van der Waals surface area contributed by atoms with Crippen LogP contribution in [0.5, 0.6) is 11.5 Å². The minimum atomic E-state index is 0.114. The number of hydrogen-bond acceptors (Lipinski definition) is 4. The van der Waals surface area contributed by atoms with Gasteiger partial charge in [-0.3, -0.25) is 0 Å². The molecule has 1 heterocycles. The Balaban J connectivity index is 2.33. The highest BCUT2D eigenvalue weighted by atomic mass is 16.5. The summed E-state index contributed by atoms with van der Waals surface area (Å²) in [5.41, 5.74) is 1.07. The smallest absolute Gasteiger partial charge is 0.165 e. The number of nitrogens with zero attached hydrogens (tertiary/aromatic N) is 2. The molecule has 0 aliphatic rings. The molecule has 1 unspecified atom stereocenters. The average molecular weight is 289 g/mol. The molecule has 1 aromatic carbocycles. The molecule has 1 aromatic heterocycles. The molecule has 1 N–H and O–H groups in total. The molecule has 0 radical (unpaired) electrons. The predicted octanol–water partition coefficient (Wildman–Crippen LogP) is 2.42. The monoisotopic (exact) mass is 289 g/mol. The molecule has 0 saturated carbocycles. The van der Waals surface area contributed by atoms with Crippen LogP contribution in [-0.4, -0.2) is 30.8 Å². The van der Waals surface area contributed by atoms with E-state index in [0.29, 0.717) is 0 Å². The van der Waals surface area contributed by atoms with E-state index in [9.17, 15) is 0 Å². The lowest BCUT2D eigenvalue weighted by atomic mass is 10.0. The zero-order valence-corrected chi connectivity index (χ0v) is 13.1. The second kappa shape index (κ2) is 7.13. The van der Waals surface area contributed by atoms with Crippen LogP contribution < -0.4 is 14.8 Å². The van der Waals surface area contributed by atoms with Crippen LogP contribution in [0.15, 0.2) is 30.6 Å². The Hall–Kier alpha value is -2.01. The van der Waals surface area contributed by atoms with E-state index in [-0.39, 0.29) is 6.04 Å². The summed E-state index contributed by atoms with van der Waals surface area (Å²) in [6.45, 7) is 3.03. The summed E-state index contributed by atoms with van der Waals surface area (Å²) in [4.78, 5) is 4.45. The molecule has 0 fully saturated rings. The molecule has 2 aromatic rings. The van der Waals surface area contributed by atoms with E-state index in [1.807, 2.05) is 31.6 Å². The van der Waals surface area contributed by atoms with Gasteiger partial charge in [0, 0.05) is 37.0 Å². The molecule has 2 rings (SSSR count). The first kappa shape index (κ1) is 15.4. The fourth-order valence-electron chi connectivity index (χ4n) is 2.55. The fourth-order valence-corrected chi connectivity index (χ4v) is 2.55. The largest absolute Gasteiger partial charge is 0.493 e. The first-order valence-electron chi connectivity index (χ1n) is 7.13. The van der Waals surface area contributed by atoms with Crippen molar-refractivity contribution in [3.8, 4) is 11.5 Å². The molecule has 0 aliphatic carbocycles. The second-order valence-corrected chi connectivity index (χ2v) is 4.76. The van der Waals surface area contributed by atoms with Crippen molar-refractivity contribution in [2.75, 3.05) is 21.3 Å². The molecule has 0 amide bonds. The lowest BCUT2D eigenvalue weighted by Gasteiger charge is -2.21. The van der Waals surface area contributed by atoms with Crippen LogP contribution in [0.3, 0.4) is 0 Å². The molecular weight excluding hydrogens is 266 g/mol. The van der Waals surface area contributed by atoms with Gasteiger partial charge >= 0.3 is 0 Å². The van der Waals surface area contributed by atoms with Gasteiger partial charge in [-0.1, -0.05) is 12.1 Å². The van der Waals surface area contributed by atoms with E-state index in [4.69, 9.17) is 9.47 Å². The molecule has 0 spiro atoms. The molecule has 5 nitrogen and oxygen atoms in total. The van der Waals surface area contributed by atoms with E-state index in [1.165, 1.54) is 0 Å². The van der Waals surface area contributed by atoms with E-state index < -0.39 is 0 Å². The maximum Gasteiger partial charge on any atom is 0.165 e. The van der Waals surface area contributed by atoms with Crippen LogP contribution in [0.1, 0.15) is 24.4 Å². The van der Waals surface area contributed by atoms with Gasteiger partial charge in [-0.15, -0.1) is 0 Å². The second-order valence-electron chi connectivity index (χ2n) is 4.76. The third kappa shape index (κ3) is 3.19. The highest BCUT2D eigenvalue weighted by molar-refractivity contribution is 5.48. The Morgan fingerprint density at radius 3 is 2.71 bits per heavy atom. The van der Waals surface area contributed by atoms with Crippen LogP contribution in [0, 0.1) is 0 Å². The summed E-state index contributed by atoms with van der Waals surface area (Å²) < 4.78 is 13.1. The van der Waals surface area contributed by atoms with Crippen molar-refractivity contribution < 1.29 is 9.47 Å². The molecule has 0 bridgehead atoms. The van der Waals surface area contributed by atoms with Gasteiger partial charge in [-0.05, 0) is 20.0 Å². The van der Waals surface area contributed by atoms with Gasteiger partial charge in [0.05, 0.1) is 14.2 Å². The van der Waals surface area contributed by atoms with Gasteiger partial charge in [0.1, 0.15) is 5.82 Å². The number of hydrogen-bond donors (Lipinski definition) is 1. The number of para-hydroxylation sites is 1. The fraction of sp³-hybridized carbons (Fsp3) is 0.438. The minimum Gasteiger partial charge on any atom is -0.493 e. The molecule has 0 saturated heterocycles. The van der Waals surface area contributed by atoms with Crippen molar-refractivity contribution in [1.82, 2.24) is 14.9 Å². The quantitative estimate of drug-likeness (QED) is 0.850. The Morgan fingerprint density at radius 1 is 1.29 bits per heavy atom. The summed E-state index contributed by atoms with van der Waals surface area (Å²) in [7, 11) is 5.27. The van der Waals surface area contributed by atoms with E-state index in [0.717, 1.165) is 35.9 Å². The normalized spacial score (nSPS) is 12.2. The standard InChI is InChI=1S/C16H23N3O2/c1-5-19-10-9-18-15(19)11-13(17-2)12-7-6-8-14(20-3)16(12)21-4/h6-10,13,17H,5,11H2,1-4H3. The van der Waals surface area contributed by atoms with Crippen LogP contribution in [0.2, 0.25) is 0 Å². The number of benzene rings is 1. The van der Waals surface area contributed by atoms with Gasteiger partial charge in [-0.2, -0.15) is 0 Å². The summed E-state index contributed by atoms with van der Waals surface area (Å²) in [5, 5.41) is 3.35. The first-order valence-corrected chi connectivity index (χ1v) is 7.13. The van der Waals surface area contributed by atoms with Crippen molar-refractivity contribution in [2.45, 2.75) is 25.9 Å². The lowest BCUT2D eigenvalue weighted by molar-refractivity contribution is 0.347. The number of aryl methyl sites for hydroxylation is 1. The van der Waals surface area contributed by atoms with Crippen molar-refractivity contribution in [2.24, 2.45) is 0 Å². The number of aromatic nitrogens is 2. The number of ether oxygens (including phenoxy) is 2. The van der Waals surface area contributed by atoms with Crippen LogP contribution in [0.4, 0.5) is 0 Å². The van der Waals surface area contributed by atoms with Gasteiger partial charge in [-0.25, -0.2) is 4.98 Å². The summed E-state index contributed by atoms with van der Waals surface area (Å²) in [5.74, 6) is 2.57. The average Bonchev–Trinajstić information content (AvgIpc) is 2.98. The number of imidazole rings is 1. The van der Waals surface area contributed by atoms with Crippen molar-refractivity contribution in [3.05, 3.63) is 42.0 Å². The topological polar surface area (TPSA) is 48.3 Å². The minimum absolute atomic E-state index is 0.114. The number of methoxy groups -OCH3 is 2. The SMILES string of the molecule is CCn1ccnc1CC(NC)c1cccc(OC)c1OC. The Bertz CT molecular complexity index is 581. The maximum absolute atomic E-state index is 5.53. The zero-order chi connectivity index (χ0) is 15.2. The van der Waals surface area contributed by atoms with E-state index in [1.54, 1.807) is 14.2 Å². The van der Waals surface area contributed by atoms with Crippen LogP contribution in [-0.2, 0) is 13.0 Å². The number of rotatable bonds is 7. The number of nitrogens with one attached hydrogen (secondary N) is 1. The summed E-state index contributed by atoms with van der Waals surface area (Å²) in [6, 6.07) is 6.06. The predicted molar refractivity (Wildman–Crippen MR) is 83.0 cm³/mol. The van der Waals surface area contributed by atoms with Crippen molar-refractivity contribution in [3.63, 3.8) is 0 Å². The third-order valence-corrected chi connectivity index (χ3v) is 3.69. The van der Waals surface area contributed by atoms with Gasteiger partial charge in [0.15, 0.2) is 11.5 Å². The van der Waals surface area contributed by atoms with Gasteiger partial charge < -0.3 is 19.4 Å². The molecule has 5 heteroatoms.